The van der Waals surface area contributed by atoms with Gasteiger partial charge < -0.3 is 20.1 Å². The van der Waals surface area contributed by atoms with E-state index < -0.39 is 18.5 Å². The molecule has 7 heteroatoms. The number of nitrogens with one attached hydrogen (secondary N) is 2. The third kappa shape index (κ3) is 5.93. The van der Waals surface area contributed by atoms with Gasteiger partial charge in [0.25, 0.3) is 5.91 Å². The molecule has 0 fully saturated rings. The highest BCUT2D eigenvalue weighted by Crippen LogP contribution is 2.29. The molecular weight excluding hydrogens is 384 g/mol. The van der Waals surface area contributed by atoms with Crippen LogP contribution in [0.25, 0.3) is 0 Å². The van der Waals surface area contributed by atoms with Crippen LogP contribution in [0.5, 0.6) is 11.5 Å². The molecule has 7 nitrogen and oxygen atoms in total. The molecule has 2 amide bonds. The quantitative estimate of drug-likeness (QED) is 0.575. The summed E-state index contributed by atoms with van der Waals surface area (Å²) in [6.45, 7) is 0.940. The maximum atomic E-state index is 12.2. The molecule has 0 aliphatic heterocycles. The molecule has 0 spiro atoms. The van der Waals surface area contributed by atoms with Gasteiger partial charge in [-0.1, -0.05) is 30.3 Å². The molecule has 3 aromatic rings. The second-order valence-corrected chi connectivity index (χ2v) is 6.29. The van der Waals surface area contributed by atoms with Gasteiger partial charge in [-0.15, -0.1) is 0 Å². The molecule has 0 aliphatic carbocycles. The van der Waals surface area contributed by atoms with Gasteiger partial charge in [0.05, 0.1) is 11.3 Å². The Morgan fingerprint density at radius 1 is 0.800 bits per heavy atom. The first-order chi connectivity index (χ1) is 14.5. The first-order valence-corrected chi connectivity index (χ1v) is 9.18. The Balaban J connectivity index is 1.56. The average Bonchev–Trinajstić information content (AvgIpc) is 2.74. The largest absolute Gasteiger partial charge is 0.455 e. The molecule has 0 unspecified atom stereocenters. The zero-order chi connectivity index (χ0) is 21.3. The third-order valence-electron chi connectivity index (χ3n) is 3.91. The fourth-order valence-corrected chi connectivity index (χ4v) is 2.57. The molecule has 152 valence electrons. The predicted molar refractivity (Wildman–Crippen MR) is 113 cm³/mol. The van der Waals surface area contributed by atoms with Gasteiger partial charge in [0.2, 0.25) is 5.91 Å². The lowest BCUT2D eigenvalue weighted by molar-refractivity contribution is -0.119. The molecule has 0 aliphatic rings. The van der Waals surface area contributed by atoms with E-state index in [4.69, 9.17) is 9.47 Å². The lowest BCUT2D eigenvalue weighted by atomic mass is 10.2. The van der Waals surface area contributed by atoms with E-state index in [-0.39, 0.29) is 11.5 Å². The van der Waals surface area contributed by atoms with Crippen LogP contribution < -0.4 is 15.4 Å². The Labute approximate surface area is 173 Å². The molecule has 0 saturated heterocycles. The van der Waals surface area contributed by atoms with Crippen molar-refractivity contribution in [1.29, 1.82) is 0 Å². The Hall–Kier alpha value is -4.13. The van der Waals surface area contributed by atoms with Crippen LogP contribution in [0.3, 0.4) is 0 Å². The van der Waals surface area contributed by atoms with E-state index in [1.807, 2.05) is 18.2 Å². The zero-order valence-electron chi connectivity index (χ0n) is 16.3. The fourth-order valence-electron chi connectivity index (χ4n) is 2.57. The van der Waals surface area contributed by atoms with Crippen LogP contribution in [-0.4, -0.2) is 24.4 Å². The van der Waals surface area contributed by atoms with E-state index in [0.29, 0.717) is 22.9 Å². The van der Waals surface area contributed by atoms with E-state index in [0.717, 1.165) is 0 Å². The zero-order valence-corrected chi connectivity index (χ0v) is 16.3. The summed E-state index contributed by atoms with van der Waals surface area (Å²) in [5, 5.41) is 5.28. The summed E-state index contributed by atoms with van der Waals surface area (Å²) in [6, 6.07) is 22.3. The van der Waals surface area contributed by atoms with Crippen molar-refractivity contribution in [2.75, 3.05) is 17.2 Å². The number of para-hydroxylation sites is 3. The Kier molecular flexibility index (Phi) is 6.78. The maximum absolute atomic E-state index is 12.2. The number of hydrogen-bond acceptors (Lipinski definition) is 5. The van der Waals surface area contributed by atoms with Crippen molar-refractivity contribution in [3.63, 3.8) is 0 Å². The van der Waals surface area contributed by atoms with Crippen molar-refractivity contribution in [1.82, 2.24) is 0 Å². The Morgan fingerprint density at radius 3 is 2.17 bits per heavy atom. The molecule has 0 atom stereocenters. The van der Waals surface area contributed by atoms with Crippen molar-refractivity contribution in [2.24, 2.45) is 0 Å². The van der Waals surface area contributed by atoms with Crippen LogP contribution in [0, 0.1) is 0 Å². The summed E-state index contributed by atoms with van der Waals surface area (Å²) >= 11 is 0. The first-order valence-electron chi connectivity index (χ1n) is 9.18. The van der Waals surface area contributed by atoms with E-state index in [1.165, 1.54) is 19.1 Å². The normalized spacial score (nSPS) is 10.0. The number of amides is 2. The van der Waals surface area contributed by atoms with Crippen molar-refractivity contribution in [3.8, 4) is 11.5 Å². The summed E-state index contributed by atoms with van der Waals surface area (Å²) in [5.41, 5.74) is 1.29. The van der Waals surface area contributed by atoms with Crippen LogP contribution in [0.2, 0.25) is 0 Å². The van der Waals surface area contributed by atoms with Gasteiger partial charge in [-0.3, -0.25) is 9.59 Å². The number of rotatable bonds is 7. The van der Waals surface area contributed by atoms with Gasteiger partial charge in [0.15, 0.2) is 12.4 Å². The highest BCUT2D eigenvalue weighted by molar-refractivity contribution is 5.96. The molecule has 0 saturated carbocycles. The van der Waals surface area contributed by atoms with Gasteiger partial charge >= 0.3 is 5.97 Å². The predicted octanol–water partition coefficient (Wildman–Crippen LogP) is 4.23. The average molecular weight is 404 g/mol. The number of carbonyl (C=O) groups excluding carboxylic acids is 3. The summed E-state index contributed by atoms with van der Waals surface area (Å²) in [5.74, 6) is -0.250. The Morgan fingerprint density at radius 2 is 1.47 bits per heavy atom. The molecule has 0 radical (unpaired) electrons. The highest BCUT2D eigenvalue weighted by atomic mass is 16.5. The second-order valence-electron chi connectivity index (χ2n) is 6.29. The van der Waals surface area contributed by atoms with Gasteiger partial charge in [-0.25, -0.2) is 4.79 Å². The molecule has 2 N–H and O–H groups in total. The molecule has 30 heavy (non-hydrogen) atoms. The second kappa shape index (κ2) is 9.88. The highest BCUT2D eigenvalue weighted by Gasteiger charge is 2.13. The molecular formula is C23H20N2O5. The summed E-state index contributed by atoms with van der Waals surface area (Å²) in [4.78, 5) is 35.4. The smallest absolute Gasteiger partial charge is 0.338 e. The SMILES string of the molecule is CC(=O)Nc1ccc(C(=O)OCC(=O)Nc2ccccc2Oc2ccccc2)cc1. The number of esters is 1. The van der Waals surface area contributed by atoms with Gasteiger partial charge in [0.1, 0.15) is 5.75 Å². The number of hydrogen-bond donors (Lipinski definition) is 2. The van der Waals surface area contributed by atoms with Crippen molar-refractivity contribution in [3.05, 3.63) is 84.4 Å². The molecule has 0 heterocycles. The van der Waals surface area contributed by atoms with Crippen LogP contribution in [0.15, 0.2) is 78.9 Å². The van der Waals surface area contributed by atoms with E-state index in [9.17, 15) is 14.4 Å². The lowest BCUT2D eigenvalue weighted by Gasteiger charge is -2.12. The minimum atomic E-state index is -0.645. The number of benzene rings is 3. The molecule has 3 aromatic carbocycles. The van der Waals surface area contributed by atoms with Gasteiger partial charge in [0, 0.05) is 12.6 Å². The van der Waals surface area contributed by atoms with Gasteiger partial charge in [-0.05, 0) is 48.5 Å². The fraction of sp³-hybridized carbons (Fsp3) is 0.0870. The number of ether oxygens (including phenoxy) is 2. The van der Waals surface area contributed by atoms with Crippen molar-refractivity contribution >= 4 is 29.2 Å². The van der Waals surface area contributed by atoms with Crippen LogP contribution in [-0.2, 0) is 14.3 Å². The Bertz CT molecular complexity index is 1030. The molecule has 0 bridgehead atoms. The summed E-state index contributed by atoms with van der Waals surface area (Å²) in [6.07, 6.45) is 0. The van der Waals surface area contributed by atoms with E-state index in [2.05, 4.69) is 10.6 Å². The van der Waals surface area contributed by atoms with Crippen molar-refractivity contribution < 1.29 is 23.9 Å². The monoisotopic (exact) mass is 404 g/mol. The van der Waals surface area contributed by atoms with Crippen LogP contribution in [0.4, 0.5) is 11.4 Å². The van der Waals surface area contributed by atoms with Gasteiger partial charge in [-0.2, -0.15) is 0 Å². The van der Waals surface area contributed by atoms with Crippen molar-refractivity contribution in [2.45, 2.75) is 6.92 Å². The standard InChI is InChI=1S/C23H20N2O5/c1-16(26)24-18-13-11-17(12-14-18)23(28)29-15-22(27)25-20-9-5-6-10-21(20)30-19-7-3-2-4-8-19/h2-14H,15H2,1H3,(H,24,26)(H,25,27). The third-order valence-corrected chi connectivity index (χ3v) is 3.91. The maximum Gasteiger partial charge on any atom is 0.338 e. The summed E-state index contributed by atoms with van der Waals surface area (Å²) in [7, 11) is 0. The topological polar surface area (TPSA) is 93.7 Å². The minimum Gasteiger partial charge on any atom is -0.455 e. The van der Waals surface area contributed by atoms with Crippen LogP contribution in [0.1, 0.15) is 17.3 Å². The van der Waals surface area contributed by atoms with Crippen LogP contribution >= 0.6 is 0 Å². The molecule has 0 aromatic heterocycles. The number of anilines is 2. The lowest BCUT2D eigenvalue weighted by Crippen LogP contribution is -2.21. The van der Waals surface area contributed by atoms with E-state index in [1.54, 1.807) is 48.5 Å². The molecule has 3 rings (SSSR count). The minimum absolute atomic E-state index is 0.210. The first kappa shape index (κ1) is 20.6. The number of carbonyl (C=O) groups is 3. The summed E-state index contributed by atoms with van der Waals surface area (Å²) < 4.78 is 10.9. The van der Waals surface area contributed by atoms with E-state index >= 15 is 0 Å².